The van der Waals surface area contributed by atoms with E-state index in [0.717, 1.165) is 0 Å². The molecule has 18 heteroatoms. The molecule has 308 valence electrons. The van der Waals surface area contributed by atoms with Crippen LogP contribution in [0.25, 0.3) is 0 Å². The molecule has 1 heterocycles. The predicted molar refractivity (Wildman–Crippen MR) is 204 cm³/mol. The van der Waals surface area contributed by atoms with Crippen molar-refractivity contribution in [3.8, 4) is 5.75 Å². The van der Waals surface area contributed by atoms with Gasteiger partial charge in [0.05, 0.1) is 6.04 Å². The maximum Gasteiger partial charge on any atom is 0.326 e. The van der Waals surface area contributed by atoms with Crippen LogP contribution in [-0.4, -0.2) is 108 Å². The number of unbranched alkanes of at least 4 members (excludes halogenated alkanes) is 2. The van der Waals surface area contributed by atoms with E-state index in [1.165, 1.54) is 12.1 Å². The molecule has 55 heavy (non-hydrogen) atoms. The average Bonchev–Trinajstić information content (AvgIpc) is 3.13. The highest BCUT2D eigenvalue weighted by atomic mass is 16.4. The summed E-state index contributed by atoms with van der Waals surface area (Å²) >= 11 is 0. The second-order valence-corrected chi connectivity index (χ2v) is 14.4. The molecule has 2 rings (SSSR count). The van der Waals surface area contributed by atoms with Crippen molar-refractivity contribution in [2.24, 2.45) is 23.1 Å². The number of carboxylic acids is 1. The largest absolute Gasteiger partial charge is 0.508 e. The smallest absolute Gasteiger partial charge is 0.326 e. The van der Waals surface area contributed by atoms with Gasteiger partial charge in [-0.25, -0.2) is 4.79 Å². The molecule has 1 aliphatic rings. The maximum atomic E-state index is 14.0. The van der Waals surface area contributed by atoms with Crippen molar-refractivity contribution in [1.82, 2.24) is 31.9 Å². The lowest BCUT2D eigenvalue weighted by Crippen LogP contribution is -2.59. The second-order valence-electron chi connectivity index (χ2n) is 14.4. The standard InChI is InChI=1S/C37H61N9O9/c1-22(2)20-30(37(54)55)46-36(53)29(21-23-11-13-24(47)14-12-23)45-35(52)28-15-16-31(48)41-19-7-8-25(40)32(49)42-26(9-3-5-17-38)33(50)43-27(34(51)44-28)10-4-6-18-39/h11-14,22,25-30,47H,3-10,15-21,38-40H2,1-2H3,(H,41,48)(H,42,49)(H,43,50)(H,44,51)(H,45,52)(H,46,53)(H,54,55)/t25-,26-,27-,28-,29-,30-/m0/s1. The molecule has 6 atom stereocenters. The molecular formula is C37H61N9O9. The summed E-state index contributed by atoms with van der Waals surface area (Å²) < 4.78 is 0. The maximum absolute atomic E-state index is 14.0. The van der Waals surface area contributed by atoms with Gasteiger partial charge in [-0.1, -0.05) is 26.0 Å². The lowest BCUT2D eigenvalue weighted by molar-refractivity contribution is -0.142. The van der Waals surface area contributed by atoms with Crippen molar-refractivity contribution in [3.05, 3.63) is 29.8 Å². The zero-order chi connectivity index (χ0) is 40.9. The molecule has 14 N–H and O–H groups in total. The number of phenols is 1. The van der Waals surface area contributed by atoms with Gasteiger partial charge in [0.15, 0.2) is 0 Å². The number of phenolic OH excluding ortho intramolecular Hbond substituents is 1. The Balaban J connectivity index is 2.47. The van der Waals surface area contributed by atoms with Crippen LogP contribution in [0, 0.1) is 5.92 Å². The van der Waals surface area contributed by atoms with Crippen LogP contribution in [-0.2, 0) is 40.0 Å². The Labute approximate surface area is 322 Å². The molecule has 6 amide bonds. The van der Waals surface area contributed by atoms with Gasteiger partial charge in [0.2, 0.25) is 35.4 Å². The summed E-state index contributed by atoms with van der Waals surface area (Å²) in [4.78, 5) is 93.0. The monoisotopic (exact) mass is 775 g/mol. The van der Waals surface area contributed by atoms with Crippen molar-refractivity contribution in [2.75, 3.05) is 19.6 Å². The molecule has 0 aliphatic carbocycles. The SMILES string of the molecule is CC(C)C[C@H](NC(=O)[C@H](Cc1ccc(O)cc1)NC(=O)[C@@H]1CCC(=O)NCCC[C@H](N)C(=O)N[C@@H](CCCCN)C(=O)N[C@@H](CCCCN)C(=O)N1)C(=O)O. The molecule has 0 saturated carbocycles. The summed E-state index contributed by atoms with van der Waals surface area (Å²) in [6.45, 7) is 4.46. The van der Waals surface area contributed by atoms with Crippen molar-refractivity contribution in [3.63, 3.8) is 0 Å². The minimum absolute atomic E-state index is 0.0282. The highest BCUT2D eigenvalue weighted by molar-refractivity contribution is 5.96. The summed E-state index contributed by atoms with van der Waals surface area (Å²) in [5.74, 6) is -5.38. The molecule has 0 spiro atoms. The van der Waals surface area contributed by atoms with E-state index in [2.05, 4.69) is 31.9 Å². The average molecular weight is 776 g/mol. The Morgan fingerprint density at radius 3 is 1.96 bits per heavy atom. The summed E-state index contributed by atoms with van der Waals surface area (Å²) in [7, 11) is 0. The zero-order valence-corrected chi connectivity index (χ0v) is 31.9. The van der Waals surface area contributed by atoms with E-state index in [-0.39, 0.29) is 63.2 Å². The predicted octanol–water partition coefficient (Wildman–Crippen LogP) is -1.24. The molecule has 1 aromatic carbocycles. The fourth-order valence-corrected chi connectivity index (χ4v) is 5.97. The molecule has 0 bridgehead atoms. The van der Waals surface area contributed by atoms with Crippen molar-refractivity contribution < 1.29 is 43.8 Å². The highest BCUT2D eigenvalue weighted by Gasteiger charge is 2.33. The summed E-state index contributed by atoms with van der Waals surface area (Å²) in [6.07, 6.45) is 2.55. The number of rotatable bonds is 17. The van der Waals surface area contributed by atoms with Gasteiger partial charge in [0.1, 0.15) is 36.0 Å². The Kier molecular flexibility index (Phi) is 20.7. The fraction of sp³-hybridized carbons (Fsp3) is 0.649. The van der Waals surface area contributed by atoms with Crippen LogP contribution < -0.4 is 49.1 Å². The Bertz CT molecular complexity index is 1430. The molecule has 0 aromatic heterocycles. The molecular weight excluding hydrogens is 714 g/mol. The first-order valence-corrected chi connectivity index (χ1v) is 19.1. The van der Waals surface area contributed by atoms with Crippen LogP contribution >= 0.6 is 0 Å². The van der Waals surface area contributed by atoms with E-state index in [1.54, 1.807) is 26.0 Å². The summed E-state index contributed by atoms with van der Waals surface area (Å²) in [5, 5.41) is 35.5. The van der Waals surface area contributed by atoms with Gasteiger partial charge in [-0.05, 0) is 101 Å². The Morgan fingerprint density at radius 1 is 0.818 bits per heavy atom. The normalized spacial score (nSPS) is 21.6. The summed E-state index contributed by atoms with van der Waals surface area (Å²) in [6, 6.07) is -1.26. The number of hydrogen-bond donors (Lipinski definition) is 11. The molecule has 1 saturated heterocycles. The van der Waals surface area contributed by atoms with Gasteiger partial charge in [0, 0.05) is 19.4 Å². The quantitative estimate of drug-likeness (QED) is 0.0829. The van der Waals surface area contributed by atoms with Gasteiger partial charge >= 0.3 is 5.97 Å². The molecule has 0 radical (unpaired) electrons. The first kappa shape index (κ1) is 46.3. The number of carboxylic acid groups (broad SMARTS) is 1. The van der Waals surface area contributed by atoms with Crippen LogP contribution in [0.2, 0.25) is 0 Å². The van der Waals surface area contributed by atoms with Crippen LogP contribution in [0.1, 0.15) is 90.0 Å². The van der Waals surface area contributed by atoms with E-state index in [1.807, 2.05) is 0 Å². The Hall–Kier alpha value is -4.81. The number of benzene rings is 1. The number of nitrogens with two attached hydrogens (primary N) is 3. The minimum atomic E-state index is -1.38. The Morgan fingerprint density at radius 2 is 1.40 bits per heavy atom. The first-order chi connectivity index (χ1) is 26.1. The molecule has 1 aromatic rings. The number of carbonyl (C=O) groups is 7. The molecule has 1 fully saturated rings. The first-order valence-electron chi connectivity index (χ1n) is 19.1. The van der Waals surface area contributed by atoms with Gasteiger partial charge in [-0.3, -0.25) is 28.8 Å². The molecule has 1 aliphatic heterocycles. The van der Waals surface area contributed by atoms with Gasteiger partial charge in [0.25, 0.3) is 0 Å². The lowest BCUT2D eigenvalue weighted by atomic mass is 10.0. The van der Waals surface area contributed by atoms with Gasteiger partial charge < -0.3 is 59.3 Å². The van der Waals surface area contributed by atoms with Crippen LogP contribution in [0.5, 0.6) is 5.75 Å². The lowest BCUT2D eigenvalue weighted by Gasteiger charge is -2.27. The number of aliphatic carboxylic acids is 1. The van der Waals surface area contributed by atoms with Gasteiger partial charge in [-0.15, -0.1) is 0 Å². The highest BCUT2D eigenvalue weighted by Crippen LogP contribution is 2.14. The second kappa shape index (κ2) is 24.6. The van der Waals surface area contributed by atoms with E-state index >= 15 is 0 Å². The summed E-state index contributed by atoms with van der Waals surface area (Å²) in [5.41, 5.74) is 18.0. The van der Waals surface area contributed by atoms with E-state index in [0.29, 0.717) is 50.8 Å². The fourth-order valence-electron chi connectivity index (χ4n) is 5.97. The number of carbonyl (C=O) groups excluding carboxylic acids is 6. The van der Waals surface area contributed by atoms with Crippen molar-refractivity contribution in [2.45, 2.75) is 127 Å². The third kappa shape index (κ3) is 17.5. The molecule has 18 nitrogen and oxygen atoms in total. The van der Waals surface area contributed by atoms with Crippen molar-refractivity contribution in [1.29, 1.82) is 0 Å². The number of amides is 6. The van der Waals surface area contributed by atoms with Crippen LogP contribution in [0.3, 0.4) is 0 Å². The van der Waals surface area contributed by atoms with E-state index in [4.69, 9.17) is 17.2 Å². The van der Waals surface area contributed by atoms with Crippen LogP contribution in [0.15, 0.2) is 24.3 Å². The number of nitrogens with one attached hydrogen (secondary N) is 6. The minimum Gasteiger partial charge on any atom is -0.508 e. The van der Waals surface area contributed by atoms with Gasteiger partial charge in [-0.2, -0.15) is 0 Å². The topological polar surface area (TPSA) is 310 Å². The van der Waals surface area contributed by atoms with E-state index < -0.39 is 77.7 Å². The third-order valence-corrected chi connectivity index (χ3v) is 9.13. The number of hydrogen-bond acceptors (Lipinski definition) is 11. The van der Waals surface area contributed by atoms with E-state index in [9.17, 15) is 43.8 Å². The number of aromatic hydroxyl groups is 1. The van der Waals surface area contributed by atoms with Crippen molar-refractivity contribution >= 4 is 41.4 Å². The third-order valence-electron chi connectivity index (χ3n) is 9.13. The zero-order valence-electron chi connectivity index (χ0n) is 31.9. The molecule has 0 unspecified atom stereocenters. The van der Waals surface area contributed by atoms with Crippen LogP contribution in [0.4, 0.5) is 0 Å².